The summed E-state index contributed by atoms with van der Waals surface area (Å²) in [5, 5.41) is 19.9. The number of carbonyl (C=O) groups excluding carboxylic acids is 1. The fourth-order valence-corrected chi connectivity index (χ4v) is 5.11. The van der Waals surface area contributed by atoms with E-state index < -0.39 is 28.1 Å². The topological polar surface area (TPSA) is 142 Å². The maximum absolute atomic E-state index is 12.6. The van der Waals surface area contributed by atoms with Crippen LogP contribution in [0.5, 0.6) is 11.5 Å². The van der Waals surface area contributed by atoms with Gasteiger partial charge in [-0.1, -0.05) is 48.5 Å². The number of benzene rings is 3. The molecule has 0 aromatic heterocycles. The number of hydrogen-bond acceptors (Lipinski definition) is 7. The van der Waals surface area contributed by atoms with Crippen molar-refractivity contribution in [2.45, 2.75) is 37.9 Å². The third kappa shape index (κ3) is 8.70. The van der Waals surface area contributed by atoms with Crippen LogP contribution in [0.1, 0.15) is 47.7 Å². The molecule has 1 saturated carbocycles. The number of carbonyl (C=O) groups is 2. The summed E-state index contributed by atoms with van der Waals surface area (Å²) in [6, 6.07) is 21.0. The molecule has 0 unspecified atom stereocenters. The number of sulfonamides is 1. The van der Waals surface area contributed by atoms with Crippen molar-refractivity contribution in [1.29, 1.82) is 0 Å². The molecular weight excluding hydrogens is 548 g/mol. The van der Waals surface area contributed by atoms with Gasteiger partial charge >= 0.3 is 6.09 Å². The summed E-state index contributed by atoms with van der Waals surface area (Å²) in [5.41, 5.74) is 2.37. The monoisotopic (exact) mass is 582 g/mol. The van der Waals surface area contributed by atoms with Gasteiger partial charge in [0.25, 0.3) is 5.91 Å². The molecule has 3 aromatic rings. The summed E-state index contributed by atoms with van der Waals surface area (Å²) < 4.78 is 37.1. The summed E-state index contributed by atoms with van der Waals surface area (Å²) in [7, 11) is -3.74. The van der Waals surface area contributed by atoms with Crippen LogP contribution in [0.15, 0.2) is 72.8 Å². The van der Waals surface area contributed by atoms with Gasteiger partial charge in [-0.25, -0.2) is 17.9 Å². The number of ether oxygens (including phenoxy) is 2. The van der Waals surface area contributed by atoms with E-state index in [1.807, 2.05) is 22.9 Å². The Balaban J connectivity index is 1.41. The lowest BCUT2D eigenvalue weighted by Gasteiger charge is -2.22. The third-order valence-electron chi connectivity index (χ3n) is 6.77. The smallest absolute Gasteiger partial charge is 0.407 e. The van der Waals surface area contributed by atoms with Gasteiger partial charge in [0.2, 0.25) is 10.0 Å². The first-order valence-corrected chi connectivity index (χ1v) is 15.2. The summed E-state index contributed by atoms with van der Waals surface area (Å²) in [5.74, 6) is 0.110. The Labute approximate surface area is 239 Å². The van der Waals surface area contributed by atoms with Gasteiger partial charge in [-0.15, -0.1) is 0 Å². The van der Waals surface area contributed by atoms with Crippen molar-refractivity contribution in [2.24, 2.45) is 0 Å². The van der Waals surface area contributed by atoms with E-state index in [0.717, 1.165) is 48.0 Å². The first-order chi connectivity index (χ1) is 19.6. The van der Waals surface area contributed by atoms with E-state index in [9.17, 15) is 28.2 Å². The summed E-state index contributed by atoms with van der Waals surface area (Å²) >= 11 is 0. The Morgan fingerprint density at radius 2 is 1.66 bits per heavy atom. The molecule has 1 aliphatic rings. The second-order valence-corrected chi connectivity index (χ2v) is 11.7. The molecule has 0 aliphatic heterocycles. The molecule has 0 saturated heterocycles. The van der Waals surface area contributed by atoms with Crippen LogP contribution in [-0.4, -0.2) is 67.6 Å². The molecule has 3 aromatic carbocycles. The fraction of sp³-hybridized carbons (Fsp3) is 0.333. The first kappa shape index (κ1) is 29.9. The largest absolute Gasteiger partial charge is 0.492 e. The minimum Gasteiger partial charge on any atom is -0.492 e. The Hall–Kier alpha value is -4.09. The molecule has 1 atom stereocenters. The van der Waals surface area contributed by atoms with Gasteiger partial charge in [0.15, 0.2) is 0 Å². The number of rotatable bonds is 12. The highest BCUT2D eigenvalue weighted by atomic mass is 32.2. The van der Waals surface area contributed by atoms with Gasteiger partial charge in [-0.3, -0.25) is 4.79 Å². The fourth-order valence-electron chi connectivity index (χ4n) is 4.67. The first-order valence-electron chi connectivity index (χ1n) is 13.4. The zero-order valence-corrected chi connectivity index (χ0v) is 23.5. The number of amides is 2. The average Bonchev–Trinajstić information content (AvgIpc) is 3.45. The molecule has 11 heteroatoms. The maximum atomic E-state index is 12.6. The second-order valence-electron chi connectivity index (χ2n) is 9.97. The van der Waals surface area contributed by atoms with Crippen molar-refractivity contribution in [1.82, 2.24) is 9.62 Å². The van der Waals surface area contributed by atoms with Crippen LogP contribution in [0, 0.1) is 0 Å². The number of aliphatic hydroxyl groups excluding tert-OH is 1. The van der Waals surface area contributed by atoms with Crippen molar-refractivity contribution in [3.05, 3.63) is 83.9 Å². The van der Waals surface area contributed by atoms with Crippen molar-refractivity contribution in [2.75, 3.05) is 26.0 Å². The lowest BCUT2D eigenvalue weighted by Crippen LogP contribution is -2.36. The maximum Gasteiger partial charge on any atom is 0.407 e. The summed E-state index contributed by atoms with van der Waals surface area (Å²) in [6.45, 7) is 0.0850. The molecule has 0 heterocycles. The molecule has 2 amide bonds. The number of nitrogens with one attached hydrogen (secondary N) is 1. The van der Waals surface area contributed by atoms with Crippen molar-refractivity contribution in [3.63, 3.8) is 0 Å². The van der Waals surface area contributed by atoms with E-state index in [-0.39, 0.29) is 31.4 Å². The van der Waals surface area contributed by atoms with E-state index in [1.165, 1.54) is 0 Å². The zero-order valence-electron chi connectivity index (χ0n) is 22.7. The number of aliphatic hydroxyl groups is 1. The molecule has 0 bridgehead atoms. The quantitative estimate of drug-likeness (QED) is 0.284. The van der Waals surface area contributed by atoms with E-state index in [2.05, 4.69) is 0 Å². The third-order valence-corrected chi connectivity index (χ3v) is 7.32. The highest BCUT2D eigenvalue weighted by Crippen LogP contribution is 2.32. The minimum atomic E-state index is -3.74. The number of carboxylic acid groups (broad SMARTS) is 1. The van der Waals surface area contributed by atoms with E-state index in [1.54, 1.807) is 54.6 Å². The van der Waals surface area contributed by atoms with Crippen LogP contribution in [0.25, 0.3) is 11.1 Å². The van der Waals surface area contributed by atoms with Gasteiger partial charge in [0, 0.05) is 0 Å². The van der Waals surface area contributed by atoms with Gasteiger partial charge < -0.3 is 24.6 Å². The number of nitrogens with zero attached hydrogens (tertiary/aromatic N) is 1. The molecule has 1 fully saturated rings. The van der Waals surface area contributed by atoms with Crippen LogP contribution in [0.3, 0.4) is 0 Å². The van der Waals surface area contributed by atoms with Crippen LogP contribution >= 0.6 is 0 Å². The summed E-state index contributed by atoms with van der Waals surface area (Å²) in [4.78, 5) is 25.4. The lowest BCUT2D eigenvalue weighted by atomic mass is 10.0. The van der Waals surface area contributed by atoms with Gasteiger partial charge in [-0.05, 0) is 66.6 Å². The molecule has 4 rings (SSSR count). The predicted octanol–water partition coefficient (Wildman–Crippen LogP) is 4.46. The van der Waals surface area contributed by atoms with Crippen LogP contribution in [0.2, 0.25) is 0 Å². The van der Waals surface area contributed by atoms with Gasteiger partial charge in [0.05, 0.1) is 37.1 Å². The average molecular weight is 583 g/mol. The zero-order chi connectivity index (χ0) is 29.4. The molecule has 41 heavy (non-hydrogen) atoms. The highest BCUT2D eigenvalue weighted by molar-refractivity contribution is 7.89. The molecule has 0 radical (unpaired) electrons. The lowest BCUT2D eigenvalue weighted by molar-refractivity contribution is 0.0894. The standard InChI is InChI=1S/C30H34N2O8S/c1-41(37,38)31-29(34)26-16-13-23(19-28(26)40-25-9-5-6-10-25)21-11-14-24(15-12-21)39-18-17-32(30(35)36)20-27(33)22-7-3-2-4-8-22/h2-4,7-8,11-16,19,25,27,33H,5-6,9-10,17-18,20H2,1H3,(H,31,34)(H,35,36)/t27-/m0/s1. The molecule has 10 nitrogen and oxygen atoms in total. The van der Waals surface area contributed by atoms with Gasteiger partial charge in [0.1, 0.15) is 18.1 Å². The molecular formula is C30H34N2O8S. The Morgan fingerprint density at radius 3 is 2.29 bits per heavy atom. The van der Waals surface area contributed by atoms with Crippen molar-refractivity contribution in [3.8, 4) is 22.6 Å². The van der Waals surface area contributed by atoms with Crippen LogP contribution in [0.4, 0.5) is 4.79 Å². The normalized spacial score (nSPS) is 14.3. The Bertz CT molecular complexity index is 1440. The van der Waals surface area contributed by atoms with Gasteiger partial charge in [-0.2, -0.15) is 0 Å². The van der Waals surface area contributed by atoms with Crippen molar-refractivity contribution >= 4 is 22.0 Å². The molecule has 3 N–H and O–H groups in total. The minimum absolute atomic E-state index is 0.0371. The molecule has 218 valence electrons. The number of hydrogen-bond donors (Lipinski definition) is 3. The van der Waals surface area contributed by atoms with Crippen LogP contribution in [-0.2, 0) is 10.0 Å². The van der Waals surface area contributed by atoms with Crippen LogP contribution < -0.4 is 14.2 Å². The van der Waals surface area contributed by atoms with E-state index >= 15 is 0 Å². The molecule has 0 spiro atoms. The highest BCUT2D eigenvalue weighted by Gasteiger charge is 2.22. The summed E-state index contributed by atoms with van der Waals surface area (Å²) in [6.07, 6.45) is 2.60. The van der Waals surface area contributed by atoms with Crippen molar-refractivity contribution < 1.29 is 37.7 Å². The second kappa shape index (κ2) is 13.5. The SMILES string of the molecule is CS(=O)(=O)NC(=O)c1ccc(-c2ccc(OCCN(C[C@H](O)c3ccccc3)C(=O)O)cc2)cc1OC1CCCC1. The van der Waals surface area contributed by atoms with E-state index in [4.69, 9.17) is 9.47 Å². The Morgan fingerprint density at radius 1 is 1.00 bits per heavy atom. The predicted molar refractivity (Wildman–Crippen MR) is 154 cm³/mol. The molecule has 1 aliphatic carbocycles. The Kier molecular flexibility index (Phi) is 9.85. The van der Waals surface area contributed by atoms with E-state index in [0.29, 0.717) is 17.1 Å².